The normalized spacial score (nSPS) is 10.3. The molecule has 0 fully saturated rings. The molecule has 0 unspecified atom stereocenters. The largest absolute Gasteiger partial charge is 0.347 e. The highest BCUT2D eigenvalue weighted by Crippen LogP contribution is 2.25. The summed E-state index contributed by atoms with van der Waals surface area (Å²) in [6.45, 7) is 0.393. The highest BCUT2D eigenvalue weighted by Gasteiger charge is 2.15. The maximum Gasteiger partial charge on any atom is 0.287 e. The molecule has 0 bridgehead atoms. The lowest BCUT2D eigenvalue weighted by Gasteiger charge is -2.04. The molecule has 2 aromatic rings. The maximum absolute atomic E-state index is 11.9. The van der Waals surface area contributed by atoms with Crippen molar-refractivity contribution in [1.82, 2.24) is 5.32 Å². The number of carbonyl (C=O) groups excluding carboxylic acids is 1. The van der Waals surface area contributed by atoms with Crippen LogP contribution in [-0.4, -0.2) is 10.8 Å². The number of benzene rings is 1. The van der Waals surface area contributed by atoms with E-state index in [1.54, 1.807) is 0 Å². The summed E-state index contributed by atoms with van der Waals surface area (Å²) in [6, 6.07) is 5.80. The lowest BCUT2D eigenvalue weighted by Crippen LogP contribution is -2.22. The molecular weight excluding hydrogens is 368 g/mol. The Morgan fingerprint density at radius 2 is 2.20 bits per heavy atom. The first-order chi connectivity index (χ1) is 9.47. The van der Waals surface area contributed by atoms with Gasteiger partial charge >= 0.3 is 0 Å². The van der Waals surface area contributed by atoms with Crippen molar-refractivity contribution in [2.75, 3.05) is 0 Å². The van der Waals surface area contributed by atoms with Crippen LogP contribution in [0.2, 0.25) is 5.02 Å². The Morgan fingerprint density at radius 3 is 2.75 bits per heavy atom. The van der Waals surface area contributed by atoms with Crippen molar-refractivity contribution in [3.8, 4) is 0 Å². The van der Waals surface area contributed by atoms with Gasteiger partial charge in [0.15, 0.2) is 0 Å². The van der Waals surface area contributed by atoms with Gasteiger partial charge in [0.25, 0.3) is 11.6 Å². The first-order valence-corrected chi connectivity index (χ1v) is 7.47. The molecule has 0 aliphatic carbocycles. The Morgan fingerprint density at radius 1 is 1.45 bits per heavy atom. The second kappa shape index (κ2) is 6.34. The Hall–Kier alpha value is -1.44. The lowest BCUT2D eigenvalue weighted by atomic mass is 10.2. The molecule has 0 atom stereocenters. The number of halogens is 2. The summed E-state index contributed by atoms with van der Waals surface area (Å²) in [5.74, 6) is -0.327. The highest BCUT2D eigenvalue weighted by atomic mass is 79.9. The van der Waals surface area contributed by atoms with Gasteiger partial charge in [-0.05, 0) is 34.1 Å². The van der Waals surface area contributed by atoms with E-state index in [-0.39, 0.29) is 22.2 Å². The van der Waals surface area contributed by atoms with Crippen molar-refractivity contribution < 1.29 is 9.72 Å². The van der Waals surface area contributed by atoms with Crippen molar-refractivity contribution in [3.05, 3.63) is 59.7 Å². The van der Waals surface area contributed by atoms with Gasteiger partial charge in [-0.15, -0.1) is 11.3 Å². The number of hydrogen-bond acceptors (Lipinski definition) is 4. The van der Waals surface area contributed by atoms with Gasteiger partial charge in [-0.2, -0.15) is 0 Å². The van der Waals surface area contributed by atoms with Gasteiger partial charge in [-0.25, -0.2) is 0 Å². The average molecular weight is 376 g/mol. The minimum absolute atomic E-state index is 0.0541. The van der Waals surface area contributed by atoms with Crippen molar-refractivity contribution in [3.63, 3.8) is 0 Å². The maximum atomic E-state index is 11.9. The van der Waals surface area contributed by atoms with Crippen LogP contribution < -0.4 is 5.32 Å². The monoisotopic (exact) mass is 374 g/mol. The van der Waals surface area contributed by atoms with Crippen molar-refractivity contribution >= 4 is 50.5 Å². The zero-order valence-electron chi connectivity index (χ0n) is 9.93. The van der Waals surface area contributed by atoms with Gasteiger partial charge in [0.2, 0.25) is 0 Å². The summed E-state index contributed by atoms with van der Waals surface area (Å²) in [5.41, 5.74) is 0.0709. The lowest BCUT2D eigenvalue weighted by molar-refractivity contribution is -0.384. The number of thiophene rings is 1. The molecule has 1 N–H and O–H groups in total. The molecule has 0 saturated heterocycles. The SMILES string of the molecule is O=C(NCc1cc(Br)cs1)c1ccc([N+](=O)[O-])c(Cl)c1. The number of nitrogens with zero attached hydrogens (tertiary/aromatic N) is 1. The van der Waals surface area contributed by atoms with Crippen LogP contribution in [0.5, 0.6) is 0 Å². The standard InChI is InChI=1S/C12H8BrClN2O3S/c13-8-4-9(20-6-8)5-15-12(17)7-1-2-11(16(18)19)10(14)3-7/h1-4,6H,5H2,(H,15,17). The fourth-order valence-corrected chi connectivity index (χ4v) is 3.15. The molecule has 2 rings (SSSR count). The third-order valence-electron chi connectivity index (χ3n) is 2.45. The quantitative estimate of drug-likeness (QED) is 0.648. The first-order valence-electron chi connectivity index (χ1n) is 5.42. The minimum Gasteiger partial charge on any atom is -0.347 e. The van der Waals surface area contributed by atoms with Gasteiger partial charge in [0.05, 0.1) is 11.5 Å². The second-order valence-corrected chi connectivity index (χ2v) is 6.16. The fraction of sp³-hybridized carbons (Fsp3) is 0.0833. The van der Waals surface area contributed by atoms with Crippen LogP contribution in [-0.2, 0) is 6.54 Å². The molecule has 1 heterocycles. The van der Waals surface area contributed by atoms with Crippen LogP contribution in [0.15, 0.2) is 34.1 Å². The third kappa shape index (κ3) is 3.56. The smallest absolute Gasteiger partial charge is 0.287 e. The van der Waals surface area contributed by atoms with Gasteiger partial charge in [-0.1, -0.05) is 11.6 Å². The number of amides is 1. The van der Waals surface area contributed by atoms with E-state index >= 15 is 0 Å². The summed E-state index contributed by atoms with van der Waals surface area (Å²) in [7, 11) is 0. The Kier molecular flexibility index (Phi) is 4.74. The molecule has 104 valence electrons. The van der Waals surface area contributed by atoms with Crippen molar-refractivity contribution in [2.45, 2.75) is 6.54 Å². The first kappa shape index (κ1) is 15.0. The summed E-state index contributed by atoms with van der Waals surface area (Å²) in [4.78, 5) is 23.0. The van der Waals surface area contributed by atoms with Crippen LogP contribution in [0.4, 0.5) is 5.69 Å². The molecule has 1 amide bonds. The highest BCUT2D eigenvalue weighted by molar-refractivity contribution is 9.10. The van der Waals surface area contributed by atoms with E-state index in [1.165, 1.54) is 29.5 Å². The van der Waals surface area contributed by atoms with E-state index in [0.29, 0.717) is 6.54 Å². The molecule has 0 aliphatic heterocycles. The number of hydrogen-bond donors (Lipinski definition) is 1. The molecule has 0 aliphatic rings. The predicted molar refractivity (Wildman–Crippen MR) is 81.3 cm³/mol. The Balaban J connectivity index is 2.06. The van der Waals surface area contributed by atoms with E-state index < -0.39 is 4.92 Å². The number of nitro groups is 1. The average Bonchev–Trinajstić information content (AvgIpc) is 2.81. The summed E-state index contributed by atoms with van der Waals surface area (Å²) < 4.78 is 0.963. The van der Waals surface area contributed by atoms with Gasteiger partial charge in [0, 0.05) is 26.4 Å². The molecular formula is C12H8BrClN2O3S. The molecule has 20 heavy (non-hydrogen) atoms. The number of nitrogens with one attached hydrogen (secondary N) is 1. The van der Waals surface area contributed by atoms with E-state index in [9.17, 15) is 14.9 Å². The summed E-state index contributed by atoms with van der Waals surface area (Å²) >= 11 is 10.6. The Bertz CT molecular complexity index is 674. The van der Waals surface area contributed by atoms with Crippen molar-refractivity contribution in [1.29, 1.82) is 0 Å². The van der Waals surface area contributed by atoms with Crippen LogP contribution in [0.1, 0.15) is 15.2 Å². The second-order valence-electron chi connectivity index (χ2n) is 3.84. The molecule has 1 aromatic heterocycles. The van der Waals surface area contributed by atoms with Crippen LogP contribution in [0.3, 0.4) is 0 Å². The van der Waals surface area contributed by atoms with Crippen LogP contribution in [0, 0.1) is 10.1 Å². The molecule has 5 nitrogen and oxygen atoms in total. The van der Waals surface area contributed by atoms with Gasteiger partial charge in [0.1, 0.15) is 5.02 Å². The van der Waals surface area contributed by atoms with E-state index in [2.05, 4.69) is 21.2 Å². The third-order valence-corrected chi connectivity index (χ3v) is 4.45. The van der Waals surface area contributed by atoms with Crippen molar-refractivity contribution in [2.24, 2.45) is 0 Å². The van der Waals surface area contributed by atoms with E-state index in [4.69, 9.17) is 11.6 Å². The van der Waals surface area contributed by atoms with Gasteiger partial charge < -0.3 is 5.32 Å². The molecule has 1 aromatic carbocycles. The van der Waals surface area contributed by atoms with Gasteiger partial charge in [-0.3, -0.25) is 14.9 Å². The molecule has 0 radical (unpaired) electrons. The zero-order chi connectivity index (χ0) is 14.7. The zero-order valence-corrected chi connectivity index (χ0v) is 13.1. The number of rotatable bonds is 4. The van der Waals surface area contributed by atoms with E-state index in [0.717, 1.165) is 9.35 Å². The van der Waals surface area contributed by atoms with Crippen LogP contribution in [0.25, 0.3) is 0 Å². The topological polar surface area (TPSA) is 72.2 Å². The summed E-state index contributed by atoms with van der Waals surface area (Å²) in [5, 5.41) is 15.2. The fourth-order valence-electron chi connectivity index (χ4n) is 1.51. The Labute approximate surface area is 131 Å². The summed E-state index contributed by atoms with van der Waals surface area (Å²) in [6.07, 6.45) is 0. The molecule has 0 spiro atoms. The van der Waals surface area contributed by atoms with Crippen LogP contribution >= 0.6 is 38.9 Å². The number of carbonyl (C=O) groups is 1. The van der Waals surface area contributed by atoms with E-state index in [1.807, 2.05) is 11.4 Å². The molecule has 0 saturated carbocycles. The minimum atomic E-state index is -0.590. The molecule has 8 heteroatoms. The number of nitro benzene ring substituents is 1. The predicted octanol–water partition coefficient (Wildman–Crippen LogP) is 4.00.